The largest absolute Gasteiger partial charge is 0.455 e. The van der Waals surface area contributed by atoms with Gasteiger partial charge in [-0.05, 0) is 31.4 Å². The molecule has 1 unspecified atom stereocenters. The van der Waals surface area contributed by atoms with E-state index in [1.165, 1.54) is 89.9 Å². The molecule has 0 amide bonds. The van der Waals surface area contributed by atoms with Gasteiger partial charge in [-0.15, -0.1) is 0 Å². The van der Waals surface area contributed by atoms with Gasteiger partial charge in [0.25, 0.3) is 0 Å². The second-order valence-corrected chi connectivity index (χ2v) is 9.23. The molecule has 180 valence electrons. The van der Waals surface area contributed by atoms with Crippen molar-refractivity contribution in [3.8, 4) is 0 Å². The van der Waals surface area contributed by atoms with E-state index in [0.717, 1.165) is 18.4 Å². The molecule has 0 aliphatic carbocycles. The lowest BCUT2D eigenvalue weighted by atomic mass is 10.0. The van der Waals surface area contributed by atoms with Gasteiger partial charge in [0.1, 0.15) is 6.10 Å². The van der Waals surface area contributed by atoms with Crippen molar-refractivity contribution in [3.05, 3.63) is 54.1 Å². The molecule has 2 heteroatoms. The number of hydrogen-bond acceptors (Lipinski definition) is 2. The molecular weight excluding hydrogens is 392 g/mol. The van der Waals surface area contributed by atoms with Crippen LogP contribution in [0.2, 0.25) is 0 Å². The maximum atomic E-state index is 12.0. The predicted octanol–water partition coefficient (Wildman–Crippen LogP) is 9.45. The van der Waals surface area contributed by atoms with Crippen molar-refractivity contribution in [1.29, 1.82) is 0 Å². The van der Waals surface area contributed by atoms with E-state index in [4.69, 9.17) is 4.74 Å². The fourth-order valence-electron chi connectivity index (χ4n) is 3.93. The van der Waals surface area contributed by atoms with Crippen LogP contribution in [0.15, 0.2) is 48.6 Å². The molecule has 32 heavy (non-hydrogen) atoms. The molecule has 1 atom stereocenters. The lowest BCUT2D eigenvalue weighted by molar-refractivity contribution is -0.142. The average Bonchev–Trinajstić information content (AvgIpc) is 2.80. The summed E-state index contributed by atoms with van der Waals surface area (Å²) < 4.78 is 5.63. The summed E-state index contributed by atoms with van der Waals surface area (Å²) in [5.74, 6) is -0.298. The average molecular weight is 441 g/mol. The second kappa shape index (κ2) is 19.8. The quantitative estimate of drug-likeness (QED) is 0.115. The first kappa shape index (κ1) is 28.2. The van der Waals surface area contributed by atoms with Crippen LogP contribution < -0.4 is 0 Å². The van der Waals surface area contributed by atoms with Gasteiger partial charge in [0, 0.05) is 5.57 Å². The lowest BCUT2D eigenvalue weighted by Gasteiger charge is -2.14. The van der Waals surface area contributed by atoms with Crippen molar-refractivity contribution in [2.75, 3.05) is 0 Å². The Morgan fingerprint density at radius 1 is 0.812 bits per heavy atom. The number of rotatable bonds is 20. The molecule has 0 saturated carbocycles. The van der Waals surface area contributed by atoms with E-state index in [2.05, 4.69) is 25.6 Å². The van der Waals surface area contributed by atoms with Gasteiger partial charge in [-0.3, -0.25) is 0 Å². The molecule has 1 aromatic carbocycles. The highest BCUT2D eigenvalue weighted by Gasteiger charge is 2.12. The fraction of sp³-hybridized carbons (Fsp3) is 0.633. The summed E-state index contributed by atoms with van der Waals surface area (Å²) in [6.45, 7) is 7.69. The first-order chi connectivity index (χ1) is 15.6. The molecular formula is C30H48O2. The summed E-state index contributed by atoms with van der Waals surface area (Å²) in [7, 11) is 0. The van der Waals surface area contributed by atoms with Crippen LogP contribution in [-0.4, -0.2) is 12.1 Å². The van der Waals surface area contributed by atoms with Gasteiger partial charge in [0.05, 0.1) is 0 Å². The highest BCUT2D eigenvalue weighted by atomic mass is 16.5. The standard InChI is InChI=1S/C30H48O2/c1-4-5-6-7-8-9-10-11-12-13-14-15-16-17-21-24-29(32-30(31)27(2)3)26-25-28-22-19-18-20-23-28/h18-20,22-23,25-26,29H,2,4-17,21,24H2,1,3H3. The zero-order valence-corrected chi connectivity index (χ0v) is 21.0. The molecule has 0 radical (unpaired) electrons. The normalized spacial score (nSPS) is 12.2. The van der Waals surface area contributed by atoms with Crippen LogP contribution in [0.5, 0.6) is 0 Å². The van der Waals surface area contributed by atoms with Crippen LogP contribution in [0.4, 0.5) is 0 Å². The van der Waals surface area contributed by atoms with Gasteiger partial charge < -0.3 is 4.74 Å². The topological polar surface area (TPSA) is 26.3 Å². The molecule has 1 aromatic rings. The Hall–Kier alpha value is -1.83. The third-order valence-electron chi connectivity index (χ3n) is 6.00. The van der Waals surface area contributed by atoms with Crippen molar-refractivity contribution < 1.29 is 9.53 Å². The van der Waals surface area contributed by atoms with E-state index < -0.39 is 0 Å². The molecule has 0 aromatic heterocycles. The Labute approximate surface area is 198 Å². The first-order valence-electron chi connectivity index (χ1n) is 13.2. The van der Waals surface area contributed by atoms with Gasteiger partial charge in [-0.25, -0.2) is 4.79 Å². The molecule has 0 saturated heterocycles. The van der Waals surface area contributed by atoms with Crippen LogP contribution in [0, 0.1) is 0 Å². The number of carbonyl (C=O) groups excluding carboxylic acids is 1. The van der Waals surface area contributed by atoms with Gasteiger partial charge in [-0.1, -0.05) is 140 Å². The van der Waals surface area contributed by atoms with Gasteiger partial charge in [-0.2, -0.15) is 0 Å². The van der Waals surface area contributed by atoms with Gasteiger partial charge >= 0.3 is 5.97 Å². The van der Waals surface area contributed by atoms with Gasteiger partial charge in [0.15, 0.2) is 0 Å². The SMILES string of the molecule is C=C(C)C(=O)OC(C=Cc1ccccc1)CCCCCCCCCCCCCCCCC. The lowest BCUT2D eigenvalue weighted by Crippen LogP contribution is -2.16. The van der Waals surface area contributed by atoms with Gasteiger partial charge in [0.2, 0.25) is 0 Å². The second-order valence-electron chi connectivity index (χ2n) is 9.23. The number of carbonyl (C=O) groups is 1. The van der Waals surface area contributed by atoms with Crippen molar-refractivity contribution in [1.82, 2.24) is 0 Å². The predicted molar refractivity (Wildman–Crippen MR) is 140 cm³/mol. The molecule has 0 bridgehead atoms. The maximum absolute atomic E-state index is 12.0. The monoisotopic (exact) mass is 440 g/mol. The first-order valence-corrected chi connectivity index (χ1v) is 13.2. The molecule has 0 fully saturated rings. The minimum Gasteiger partial charge on any atom is -0.455 e. The van der Waals surface area contributed by atoms with E-state index in [1.807, 2.05) is 30.4 Å². The van der Waals surface area contributed by atoms with E-state index in [9.17, 15) is 4.79 Å². The minimum absolute atomic E-state index is 0.179. The highest BCUT2D eigenvalue weighted by molar-refractivity contribution is 5.87. The number of benzene rings is 1. The van der Waals surface area contributed by atoms with Crippen LogP contribution in [0.25, 0.3) is 6.08 Å². The Bertz CT molecular complexity index is 617. The number of unbranched alkanes of at least 4 members (excludes halogenated alkanes) is 14. The Morgan fingerprint density at radius 3 is 1.75 bits per heavy atom. The van der Waals surface area contributed by atoms with E-state index in [0.29, 0.717) is 5.57 Å². The third-order valence-corrected chi connectivity index (χ3v) is 6.00. The Kier molecular flexibility index (Phi) is 17.5. The fourth-order valence-corrected chi connectivity index (χ4v) is 3.93. The molecule has 0 spiro atoms. The van der Waals surface area contributed by atoms with Crippen LogP contribution >= 0.6 is 0 Å². The van der Waals surface area contributed by atoms with E-state index in [-0.39, 0.29) is 12.1 Å². The number of hydrogen-bond donors (Lipinski definition) is 0. The zero-order valence-electron chi connectivity index (χ0n) is 21.0. The van der Waals surface area contributed by atoms with Crippen LogP contribution in [0.3, 0.4) is 0 Å². The number of ether oxygens (including phenoxy) is 1. The molecule has 0 heterocycles. The van der Waals surface area contributed by atoms with Crippen molar-refractivity contribution >= 4 is 12.0 Å². The van der Waals surface area contributed by atoms with E-state index >= 15 is 0 Å². The third kappa shape index (κ3) is 15.9. The molecule has 2 nitrogen and oxygen atoms in total. The summed E-state index contributed by atoms with van der Waals surface area (Å²) in [5.41, 5.74) is 1.58. The summed E-state index contributed by atoms with van der Waals surface area (Å²) in [5, 5.41) is 0. The van der Waals surface area contributed by atoms with Crippen molar-refractivity contribution in [2.24, 2.45) is 0 Å². The highest BCUT2D eigenvalue weighted by Crippen LogP contribution is 2.16. The van der Waals surface area contributed by atoms with Crippen LogP contribution in [-0.2, 0) is 9.53 Å². The molecule has 0 N–H and O–H groups in total. The number of esters is 1. The summed E-state index contributed by atoms with van der Waals surface area (Å²) in [4.78, 5) is 12.0. The zero-order chi connectivity index (χ0) is 23.3. The summed E-state index contributed by atoms with van der Waals surface area (Å²) in [6, 6.07) is 10.2. The smallest absolute Gasteiger partial charge is 0.333 e. The Morgan fingerprint density at radius 2 is 1.28 bits per heavy atom. The summed E-state index contributed by atoms with van der Waals surface area (Å²) >= 11 is 0. The molecule has 0 aliphatic heterocycles. The van der Waals surface area contributed by atoms with Crippen molar-refractivity contribution in [2.45, 2.75) is 123 Å². The van der Waals surface area contributed by atoms with Crippen molar-refractivity contribution in [3.63, 3.8) is 0 Å². The maximum Gasteiger partial charge on any atom is 0.333 e. The van der Waals surface area contributed by atoms with E-state index in [1.54, 1.807) is 6.92 Å². The molecule has 1 rings (SSSR count). The summed E-state index contributed by atoms with van der Waals surface area (Å²) in [6.07, 6.45) is 25.1. The molecule has 0 aliphatic rings. The Balaban J connectivity index is 2.09. The minimum atomic E-state index is -0.298. The van der Waals surface area contributed by atoms with Crippen LogP contribution in [0.1, 0.15) is 122 Å².